The maximum Gasteiger partial charge on any atom is 0.207 e. The first kappa shape index (κ1) is 15.1. The lowest BCUT2D eigenvalue weighted by atomic mass is 10.1. The Bertz CT molecular complexity index is 811. The van der Waals surface area contributed by atoms with Gasteiger partial charge in [0.15, 0.2) is 11.7 Å². The van der Waals surface area contributed by atoms with Crippen molar-refractivity contribution in [2.24, 2.45) is 4.99 Å². The van der Waals surface area contributed by atoms with Gasteiger partial charge >= 0.3 is 0 Å². The van der Waals surface area contributed by atoms with Crippen LogP contribution in [0.4, 0.5) is 0 Å². The third kappa shape index (κ3) is 3.11. The number of hydrogen-bond acceptors (Lipinski definition) is 4. The first-order valence-electron chi connectivity index (χ1n) is 8.71. The van der Waals surface area contributed by atoms with Gasteiger partial charge in [0.25, 0.3) is 0 Å². The second-order valence-electron chi connectivity index (χ2n) is 6.52. The van der Waals surface area contributed by atoms with Crippen molar-refractivity contribution in [2.45, 2.75) is 51.0 Å². The normalized spacial score (nSPS) is 23.1. The maximum absolute atomic E-state index is 12.3. The topological polar surface area (TPSA) is 67.3 Å². The molecular formula is C19H21N3O2. The summed E-state index contributed by atoms with van der Waals surface area (Å²) in [7, 11) is 0. The number of carbonyl (C=O) groups is 1. The standard InChI is InChI=1S/C19H21N3O2/c23-16-11-18(22-14-6-3-1-2-4-7-14)24-17(16)10-13-12-21-19-15(13)8-5-9-20-19/h5,8-10,12,14H,1-4,6-7,11H2,(H,20,21)/b17-10-,22-18?. The third-order valence-electron chi connectivity index (χ3n) is 4.74. The fraction of sp³-hybridized carbons (Fsp3) is 0.421. The molecule has 2 aliphatic rings. The highest BCUT2D eigenvalue weighted by Gasteiger charge is 2.27. The van der Waals surface area contributed by atoms with Crippen LogP contribution in [0.3, 0.4) is 0 Å². The fourth-order valence-corrected chi connectivity index (χ4v) is 3.45. The second kappa shape index (κ2) is 6.59. The quantitative estimate of drug-likeness (QED) is 0.670. The predicted molar refractivity (Wildman–Crippen MR) is 93.7 cm³/mol. The lowest BCUT2D eigenvalue weighted by molar-refractivity contribution is -0.114. The highest BCUT2D eigenvalue weighted by Crippen LogP contribution is 2.25. The lowest BCUT2D eigenvalue weighted by Gasteiger charge is -2.08. The molecule has 1 saturated carbocycles. The summed E-state index contributed by atoms with van der Waals surface area (Å²) in [5, 5.41) is 0.982. The Labute approximate surface area is 140 Å². The molecule has 2 aromatic rings. The Morgan fingerprint density at radius 1 is 1.25 bits per heavy atom. The predicted octanol–water partition coefficient (Wildman–Crippen LogP) is 4.01. The minimum atomic E-state index is 0.000567. The van der Waals surface area contributed by atoms with Crippen LogP contribution in [0.2, 0.25) is 0 Å². The van der Waals surface area contributed by atoms with E-state index in [2.05, 4.69) is 9.97 Å². The molecule has 0 bridgehead atoms. The van der Waals surface area contributed by atoms with E-state index >= 15 is 0 Å². The van der Waals surface area contributed by atoms with Crippen molar-refractivity contribution < 1.29 is 9.53 Å². The number of nitrogens with zero attached hydrogens (tertiary/aromatic N) is 2. The summed E-state index contributed by atoms with van der Waals surface area (Å²) in [4.78, 5) is 24.3. The molecule has 2 fully saturated rings. The van der Waals surface area contributed by atoms with Crippen molar-refractivity contribution in [3.63, 3.8) is 0 Å². The molecule has 5 nitrogen and oxygen atoms in total. The molecule has 0 unspecified atom stereocenters. The first-order valence-corrected chi connectivity index (χ1v) is 8.71. The number of carbonyl (C=O) groups excluding carboxylic acids is 1. The maximum atomic E-state index is 12.3. The molecule has 1 aliphatic carbocycles. The number of H-pyrrole nitrogens is 1. The fourth-order valence-electron chi connectivity index (χ4n) is 3.45. The number of allylic oxidation sites excluding steroid dienone is 1. The largest absolute Gasteiger partial charge is 0.439 e. The van der Waals surface area contributed by atoms with E-state index in [4.69, 9.17) is 9.73 Å². The molecular weight excluding hydrogens is 302 g/mol. The Kier molecular flexibility index (Phi) is 4.15. The third-order valence-corrected chi connectivity index (χ3v) is 4.74. The molecule has 124 valence electrons. The van der Waals surface area contributed by atoms with E-state index in [1.165, 1.54) is 25.7 Å². The van der Waals surface area contributed by atoms with Gasteiger partial charge in [-0.05, 0) is 31.1 Å². The van der Waals surface area contributed by atoms with Gasteiger partial charge in [-0.1, -0.05) is 25.7 Å². The Balaban J connectivity index is 1.55. The van der Waals surface area contributed by atoms with Crippen LogP contribution >= 0.6 is 0 Å². The van der Waals surface area contributed by atoms with E-state index in [-0.39, 0.29) is 12.2 Å². The van der Waals surface area contributed by atoms with Crippen molar-refractivity contribution in [3.05, 3.63) is 35.8 Å². The smallest absolute Gasteiger partial charge is 0.207 e. The summed E-state index contributed by atoms with van der Waals surface area (Å²) < 4.78 is 5.77. The molecule has 5 heteroatoms. The number of ether oxygens (including phenoxy) is 1. The molecule has 0 amide bonds. The van der Waals surface area contributed by atoms with E-state index in [1.54, 1.807) is 12.3 Å². The van der Waals surface area contributed by atoms with Crippen LogP contribution in [0.1, 0.15) is 50.5 Å². The number of aliphatic imine (C=N–C) groups is 1. The zero-order valence-electron chi connectivity index (χ0n) is 13.6. The molecule has 0 spiro atoms. The molecule has 1 saturated heterocycles. The number of ketones is 1. The van der Waals surface area contributed by atoms with Gasteiger partial charge in [-0.3, -0.25) is 9.79 Å². The highest BCUT2D eigenvalue weighted by molar-refractivity contribution is 6.14. The van der Waals surface area contributed by atoms with Crippen molar-refractivity contribution in [3.8, 4) is 0 Å². The summed E-state index contributed by atoms with van der Waals surface area (Å²) in [5.41, 5.74) is 1.72. The monoisotopic (exact) mass is 323 g/mol. The second-order valence-corrected chi connectivity index (χ2v) is 6.52. The van der Waals surface area contributed by atoms with Gasteiger partial charge in [0, 0.05) is 23.3 Å². The van der Waals surface area contributed by atoms with Crippen LogP contribution in [0.5, 0.6) is 0 Å². The average Bonchev–Trinajstić information content (AvgIpc) is 3.03. The molecule has 1 aliphatic heterocycles. The Hall–Kier alpha value is -2.43. The Morgan fingerprint density at radius 3 is 2.92 bits per heavy atom. The summed E-state index contributed by atoms with van der Waals surface area (Å²) in [6.45, 7) is 0. The number of Topliss-reactive ketones (excluding diaryl/α,β-unsaturated/α-hetero) is 1. The zero-order valence-corrected chi connectivity index (χ0v) is 13.6. The molecule has 3 heterocycles. The van der Waals surface area contributed by atoms with Crippen LogP contribution in [0.15, 0.2) is 35.3 Å². The van der Waals surface area contributed by atoms with Crippen LogP contribution < -0.4 is 0 Å². The highest BCUT2D eigenvalue weighted by atomic mass is 16.5. The number of fused-ring (bicyclic) bond motifs is 1. The average molecular weight is 323 g/mol. The Morgan fingerprint density at radius 2 is 2.08 bits per heavy atom. The van der Waals surface area contributed by atoms with E-state index in [0.29, 0.717) is 17.7 Å². The van der Waals surface area contributed by atoms with Crippen LogP contribution in [-0.2, 0) is 9.53 Å². The van der Waals surface area contributed by atoms with Gasteiger partial charge in [-0.15, -0.1) is 0 Å². The number of pyridine rings is 1. The number of aromatic nitrogens is 2. The molecule has 2 aromatic heterocycles. The molecule has 24 heavy (non-hydrogen) atoms. The van der Waals surface area contributed by atoms with Gasteiger partial charge in [0.2, 0.25) is 5.78 Å². The SMILES string of the molecule is O=C1CC(=NC2CCCCCC2)O/C1=C\c1c[nH]c2ncccc12. The van der Waals surface area contributed by atoms with Gasteiger partial charge in [0.05, 0.1) is 12.5 Å². The summed E-state index contributed by atoms with van der Waals surface area (Å²) in [5.74, 6) is 0.962. The van der Waals surface area contributed by atoms with Gasteiger partial charge < -0.3 is 9.72 Å². The minimum absolute atomic E-state index is 0.000567. The van der Waals surface area contributed by atoms with Gasteiger partial charge in [0.1, 0.15) is 5.65 Å². The molecule has 4 rings (SSSR count). The van der Waals surface area contributed by atoms with Crippen LogP contribution in [0.25, 0.3) is 17.1 Å². The zero-order chi connectivity index (χ0) is 16.4. The number of rotatable bonds is 2. The first-order chi connectivity index (χ1) is 11.8. The van der Waals surface area contributed by atoms with Gasteiger partial charge in [-0.2, -0.15) is 0 Å². The molecule has 0 radical (unpaired) electrons. The molecule has 1 N–H and O–H groups in total. The number of nitrogens with one attached hydrogen (secondary N) is 1. The van der Waals surface area contributed by atoms with Crippen LogP contribution in [0, 0.1) is 0 Å². The summed E-state index contributed by atoms with van der Waals surface area (Å²) in [6, 6.07) is 4.17. The lowest BCUT2D eigenvalue weighted by Crippen LogP contribution is -2.07. The molecule has 0 atom stereocenters. The van der Waals surface area contributed by atoms with E-state index in [0.717, 1.165) is 29.4 Å². The van der Waals surface area contributed by atoms with Crippen LogP contribution in [-0.4, -0.2) is 27.7 Å². The summed E-state index contributed by atoms with van der Waals surface area (Å²) >= 11 is 0. The van der Waals surface area contributed by atoms with E-state index < -0.39 is 0 Å². The number of aromatic amines is 1. The molecule has 0 aromatic carbocycles. The van der Waals surface area contributed by atoms with Crippen molar-refractivity contribution in [2.75, 3.05) is 0 Å². The summed E-state index contributed by atoms with van der Waals surface area (Å²) in [6.07, 6.45) is 12.9. The van der Waals surface area contributed by atoms with Crippen molar-refractivity contribution in [1.82, 2.24) is 9.97 Å². The van der Waals surface area contributed by atoms with E-state index in [9.17, 15) is 4.79 Å². The van der Waals surface area contributed by atoms with Crippen molar-refractivity contribution in [1.29, 1.82) is 0 Å². The minimum Gasteiger partial charge on any atom is -0.439 e. The number of hydrogen-bond donors (Lipinski definition) is 1. The van der Waals surface area contributed by atoms with Crippen molar-refractivity contribution >= 4 is 28.8 Å². The van der Waals surface area contributed by atoms with Gasteiger partial charge in [-0.25, -0.2) is 4.98 Å². The van der Waals surface area contributed by atoms with E-state index in [1.807, 2.05) is 18.3 Å².